The molecular formula is C9H13F3N2O. The van der Waals surface area contributed by atoms with E-state index in [0.29, 0.717) is 19.0 Å². The van der Waals surface area contributed by atoms with Crippen LogP contribution in [-0.2, 0) is 4.79 Å². The van der Waals surface area contributed by atoms with Gasteiger partial charge in [-0.15, -0.1) is 0 Å². The molecular weight excluding hydrogens is 209 g/mol. The third-order valence-electron chi connectivity index (χ3n) is 2.94. The Hall–Kier alpha value is -0.780. The van der Waals surface area contributed by atoms with Crippen molar-refractivity contribution in [2.75, 3.05) is 19.6 Å². The van der Waals surface area contributed by atoms with Crippen molar-refractivity contribution in [3.8, 4) is 0 Å². The Bertz CT molecular complexity index is 255. The second-order valence-electron chi connectivity index (χ2n) is 4.30. The summed E-state index contributed by atoms with van der Waals surface area (Å²) in [4.78, 5) is 12.7. The molecule has 0 aromatic heterocycles. The van der Waals surface area contributed by atoms with Crippen molar-refractivity contribution in [2.45, 2.75) is 25.1 Å². The Labute approximate surface area is 85.6 Å². The van der Waals surface area contributed by atoms with Crippen LogP contribution in [0.3, 0.4) is 0 Å². The average Bonchev–Trinajstić information content (AvgIpc) is 2.42. The molecule has 2 fully saturated rings. The standard InChI is InChI=1S/C9H13F3N2O/c10-9(11,12)2-8(15)14-4-6-1-7(5-14)13-3-6/h6-7,13H,1-5H2/t6-,7-/m0/s1. The van der Waals surface area contributed by atoms with Crippen LogP contribution < -0.4 is 5.32 Å². The van der Waals surface area contributed by atoms with Crippen LogP contribution in [-0.4, -0.2) is 42.7 Å². The van der Waals surface area contributed by atoms with Crippen LogP contribution in [0.2, 0.25) is 0 Å². The molecule has 0 saturated carbocycles. The number of carbonyl (C=O) groups is 1. The van der Waals surface area contributed by atoms with Crippen LogP contribution in [0.25, 0.3) is 0 Å². The smallest absolute Gasteiger partial charge is 0.341 e. The van der Waals surface area contributed by atoms with Crippen LogP contribution in [0.5, 0.6) is 0 Å². The monoisotopic (exact) mass is 222 g/mol. The van der Waals surface area contributed by atoms with E-state index in [9.17, 15) is 18.0 Å². The first-order valence-electron chi connectivity index (χ1n) is 5.02. The van der Waals surface area contributed by atoms with Gasteiger partial charge in [-0.25, -0.2) is 0 Å². The van der Waals surface area contributed by atoms with Gasteiger partial charge in [0.25, 0.3) is 0 Å². The largest absolute Gasteiger partial charge is 0.397 e. The van der Waals surface area contributed by atoms with Crippen LogP contribution in [0.1, 0.15) is 12.8 Å². The van der Waals surface area contributed by atoms with E-state index >= 15 is 0 Å². The molecule has 0 aliphatic carbocycles. The second kappa shape index (κ2) is 3.66. The summed E-state index contributed by atoms with van der Waals surface area (Å²) in [5.74, 6) is -0.457. The number of fused-ring (bicyclic) bond motifs is 2. The van der Waals surface area contributed by atoms with Crippen LogP contribution >= 0.6 is 0 Å². The summed E-state index contributed by atoms with van der Waals surface area (Å²) in [7, 11) is 0. The van der Waals surface area contributed by atoms with Gasteiger partial charge in [0.05, 0.1) is 0 Å². The van der Waals surface area contributed by atoms with E-state index in [1.807, 2.05) is 0 Å². The number of nitrogens with zero attached hydrogens (tertiary/aromatic N) is 1. The first kappa shape index (κ1) is 10.7. The Morgan fingerprint density at radius 2 is 2.13 bits per heavy atom. The summed E-state index contributed by atoms with van der Waals surface area (Å²) in [6.45, 7) is 1.71. The quantitative estimate of drug-likeness (QED) is 0.710. The highest BCUT2D eigenvalue weighted by molar-refractivity contribution is 5.77. The summed E-state index contributed by atoms with van der Waals surface area (Å²) in [6, 6.07) is 0.195. The first-order chi connectivity index (χ1) is 6.94. The van der Waals surface area contributed by atoms with Gasteiger partial charge in [0.1, 0.15) is 6.42 Å². The van der Waals surface area contributed by atoms with Crippen molar-refractivity contribution in [3.63, 3.8) is 0 Å². The SMILES string of the molecule is O=C(CC(F)(F)F)N1C[C@@H]2CN[C@@H](C2)C1. The number of rotatable bonds is 1. The molecule has 2 aliphatic heterocycles. The van der Waals surface area contributed by atoms with Gasteiger partial charge in [0.15, 0.2) is 0 Å². The maximum Gasteiger partial charge on any atom is 0.397 e. The molecule has 2 atom stereocenters. The minimum absolute atomic E-state index is 0.195. The third-order valence-corrected chi connectivity index (χ3v) is 2.94. The first-order valence-corrected chi connectivity index (χ1v) is 5.02. The molecule has 2 bridgehead atoms. The molecule has 0 radical (unpaired) electrons. The molecule has 15 heavy (non-hydrogen) atoms. The molecule has 2 saturated heterocycles. The minimum atomic E-state index is -4.39. The lowest BCUT2D eigenvalue weighted by Crippen LogP contribution is -2.45. The van der Waals surface area contributed by atoms with Gasteiger partial charge >= 0.3 is 6.18 Å². The number of carbonyl (C=O) groups excluding carboxylic acids is 1. The Morgan fingerprint density at radius 1 is 1.40 bits per heavy atom. The Morgan fingerprint density at radius 3 is 2.73 bits per heavy atom. The third kappa shape index (κ3) is 2.62. The number of halogens is 3. The summed E-state index contributed by atoms with van der Waals surface area (Å²) >= 11 is 0. The fraction of sp³-hybridized carbons (Fsp3) is 0.889. The van der Waals surface area contributed by atoms with E-state index < -0.39 is 18.5 Å². The lowest BCUT2D eigenvalue weighted by Gasteiger charge is -2.31. The maximum absolute atomic E-state index is 12.0. The second-order valence-corrected chi connectivity index (χ2v) is 4.30. The molecule has 0 unspecified atom stereocenters. The predicted octanol–water partition coefficient (Wildman–Crippen LogP) is 0.759. The van der Waals surface area contributed by atoms with Crippen molar-refractivity contribution < 1.29 is 18.0 Å². The van der Waals surface area contributed by atoms with E-state index in [4.69, 9.17) is 0 Å². The van der Waals surface area contributed by atoms with E-state index in [1.54, 1.807) is 0 Å². The van der Waals surface area contributed by atoms with E-state index in [-0.39, 0.29) is 6.04 Å². The van der Waals surface area contributed by atoms with Gasteiger partial charge < -0.3 is 10.2 Å². The van der Waals surface area contributed by atoms with Crippen LogP contribution in [0.15, 0.2) is 0 Å². The Kier molecular flexibility index (Phi) is 2.62. The lowest BCUT2D eigenvalue weighted by atomic mass is 10.00. The van der Waals surface area contributed by atoms with Gasteiger partial charge in [-0.05, 0) is 12.3 Å². The number of hydrogen-bond donors (Lipinski definition) is 1. The molecule has 2 aliphatic rings. The van der Waals surface area contributed by atoms with Crippen molar-refractivity contribution in [2.24, 2.45) is 5.92 Å². The molecule has 0 aromatic carbocycles. The highest BCUT2D eigenvalue weighted by Crippen LogP contribution is 2.26. The summed E-state index contributed by atoms with van der Waals surface area (Å²) in [5.41, 5.74) is 0. The van der Waals surface area contributed by atoms with Crippen molar-refractivity contribution in [3.05, 3.63) is 0 Å². The predicted molar refractivity (Wildman–Crippen MR) is 47.1 cm³/mol. The van der Waals surface area contributed by atoms with Gasteiger partial charge in [-0.3, -0.25) is 4.79 Å². The molecule has 86 valence electrons. The van der Waals surface area contributed by atoms with Crippen molar-refractivity contribution in [1.82, 2.24) is 10.2 Å². The lowest BCUT2D eigenvalue weighted by molar-refractivity contribution is -0.162. The molecule has 0 spiro atoms. The fourth-order valence-electron chi connectivity index (χ4n) is 2.32. The van der Waals surface area contributed by atoms with Gasteiger partial charge in [0.2, 0.25) is 5.91 Å². The molecule has 6 heteroatoms. The number of likely N-dealkylation sites (tertiary alicyclic amines) is 1. The van der Waals surface area contributed by atoms with Crippen LogP contribution in [0, 0.1) is 5.92 Å². The van der Waals surface area contributed by atoms with E-state index in [1.165, 1.54) is 4.90 Å². The number of nitrogens with one attached hydrogen (secondary N) is 1. The van der Waals surface area contributed by atoms with Crippen molar-refractivity contribution >= 4 is 5.91 Å². The van der Waals surface area contributed by atoms with Gasteiger partial charge in [-0.1, -0.05) is 0 Å². The average molecular weight is 222 g/mol. The minimum Gasteiger partial charge on any atom is -0.341 e. The van der Waals surface area contributed by atoms with Gasteiger partial charge in [-0.2, -0.15) is 13.2 Å². The summed E-state index contributed by atoms with van der Waals surface area (Å²) < 4.78 is 36.0. The normalized spacial score (nSPS) is 30.7. The molecule has 2 rings (SSSR count). The number of alkyl halides is 3. The van der Waals surface area contributed by atoms with Gasteiger partial charge in [0, 0.05) is 25.7 Å². The number of piperidine rings is 1. The number of hydrogen-bond acceptors (Lipinski definition) is 2. The Balaban J connectivity index is 1.91. The molecule has 1 amide bonds. The van der Waals surface area contributed by atoms with E-state index in [2.05, 4.69) is 5.32 Å². The summed E-state index contributed by atoms with van der Waals surface area (Å²) in [6.07, 6.45) is -4.73. The maximum atomic E-state index is 12.0. The fourth-order valence-corrected chi connectivity index (χ4v) is 2.32. The summed E-state index contributed by atoms with van der Waals surface area (Å²) in [5, 5.41) is 3.19. The molecule has 2 heterocycles. The number of amides is 1. The highest BCUT2D eigenvalue weighted by Gasteiger charge is 2.38. The molecule has 0 aromatic rings. The molecule has 3 nitrogen and oxygen atoms in total. The van der Waals surface area contributed by atoms with E-state index in [0.717, 1.165) is 13.0 Å². The van der Waals surface area contributed by atoms with Crippen molar-refractivity contribution in [1.29, 1.82) is 0 Å². The topological polar surface area (TPSA) is 32.3 Å². The van der Waals surface area contributed by atoms with Crippen LogP contribution in [0.4, 0.5) is 13.2 Å². The zero-order chi connectivity index (χ0) is 11.1. The molecule has 1 N–H and O–H groups in total. The highest BCUT2D eigenvalue weighted by atomic mass is 19.4. The zero-order valence-electron chi connectivity index (χ0n) is 8.18. The zero-order valence-corrected chi connectivity index (χ0v) is 8.18.